The molecule has 3 N–H and O–H groups in total. The van der Waals surface area contributed by atoms with Crippen LogP contribution in [-0.4, -0.2) is 25.6 Å². The van der Waals surface area contributed by atoms with Crippen molar-refractivity contribution in [2.45, 2.75) is 0 Å². The quantitative estimate of drug-likeness (QED) is 0.472. The van der Waals surface area contributed by atoms with Crippen LogP contribution >= 0.6 is 0 Å². The highest BCUT2D eigenvalue weighted by atomic mass is 16.6. The Labute approximate surface area is 107 Å². The predicted molar refractivity (Wildman–Crippen MR) is 66.5 cm³/mol. The Morgan fingerprint density at radius 3 is 2.84 bits per heavy atom. The van der Waals surface area contributed by atoms with E-state index in [4.69, 9.17) is 5.73 Å². The summed E-state index contributed by atoms with van der Waals surface area (Å²) in [7, 11) is 1.58. The van der Waals surface area contributed by atoms with Crippen LogP contribution in [0.3, 0.4) is 0 Å². The molecule has 2 rings (SSSR count). The van der Waals surface area contributed by atoms with E-state index in [-0.39, 0.29) is 17.2 Å². The molecule has 0 bridgehead atoms. The maximum Gasteiger partial charge on any atom is 0.304 e. The van der Waals surface area contributed by atoms with Gasteiger partial charge in [-0.3, -0.25) is 20.2 Å². The molecule has 2 aromatic rings. The molecule has 0 saturated heterocycles. The number of carbonyl (C=O) groups excluding carboxylic acids is 1. The number of rotatable bonds is 3. The number of benzene rings is 1. The number of anilines is 2. The zero-order valence-corrected chi connectivity index (χ0v) is 9.90. The summed E-state index contributed by atoms with van der Waals surface area (Å²) in [5.41, 5.74) is 4.88. The van der Waals surface area contributed by atoms with Crippen molar-refractivity contribution in [2.75, 3.05) is 11.1 Å². The summed E-state index contributed by atoms with van der Waals surface area (Å²) in [4.78, 5) is 26.0. The van der Waals surface area contributed by atoms with E-state index in [0.717, 1.165) is 0 Å². The first kappa shape index (κ1) is 12.5. The van der Waals surface area contributed by atoms with E-state index < -0.39 is 16.5 Å². The first-order chi connectivity index (χ1) is 9.00. The monoisotopic (exact) mass is 262 g/mol. The van der Waals surface area contributed by atoms with Crippen LogP contribution in [0.25, 0.3) is 0 Å². The van der Waals surface area contributed by atoms with Gasteiger partial charge in [0, 0.05) is 7.05 Å². The van der Waals surface area contributed by atoms with Gasteiger partial charge < -0.3 is 5.73 Å². The molecule has 0 aliphatic heterocycles. The van der Waals surface area contributed by atoms with Crippen molar-refractivity contribution in [2.24, 2.45) is 7.05 Å². The van der Waals surface area contributed by atoms with E-state index in [9.17, 15) is 14.9 Å². The minimum absolute atomic E-state index is 0.0735. The van der Waals surface area contributed by atoms with E-state index in [1.807, 2.05) is 0 Å². The second-order valence-electron chi connectivity index (χ2n) is 3.66. The molecule has 0 unspecified atom stereocenters. The van der Waals surface area contributed by atoms with Crippen LogP contribution in [0, 0.1) is 10.1 Å². The van der Waals surface area contributed by atoms with Gasteiger partial charge in [-0.05, 0) is 12.1 Å². The Bertz CT molecular complexity index is 650. The Morgan fingerprint density at radius 2 is 2.26 bits per heavy atom. The molecule has 0 fully saturated rings. The molecule has 98 valence electrons. The Balaban J connectivity index is 2.37. The van der Waals surface area contributed by atoms with Crippen molar-refractivity contribution < 1.29 is 9.72 Å². The van der Waals surface area contributed by atoms with Crippen LogP contribution in [0.15, 0.2) is 24.5 Å². The van der Waals surface area contributed by atoms with Gasteiger partial charge in [-0.2, -0.15) is 10.1 Å². The van der Waals surface area contributed by atoms with E-state index in [1.165, 1.54) is 29.2 Å². The highest BCUT2D eigenvalue weighted by Gasteiger charge is 2.23. The first-order valence-electron chi connectivity index (χ1n) is 5.19. The molecule has 1 aromatic carbocycles. The van der Waals surface area contributed by atoms with Crippen molar-refractivity contribution in [3.8, 4) is 0 Å². The third-order valence-electron chi connectivity index (χ3n) is 2.43. The van der Waals surface area contributed by atoms with Crippen molar-refractivity contribution >= 4 is 23.2 Å². The van der Waals surface area contributed by atoms with Crippen LogP contribution in [0.2, 0.25) is 0 Å². The lowest BCUT2D eigenvalue weighted by atomic mass is 10.1. The molecular weight excluding hydrogens is 252 g/mol. The molecule has 9 nitrogen and oxygen atoms in total. The molecule has 0 saturated carbocycles. The SMILES string of the molecule is Cn1ncnc1NC(=O)c1cccc(N)c1[N+](=O)[O-]. The predicted octanol–water partition coefficient (Wildman–Crippen LogP) is 0.558. The number of nitrogens with two attached hydrogens (primary N) is 1. The van der Waals surface area contributed by atoms with Gasteiger partial charge in [0.25, 0.3) is 5.91 Å². The van der Waals surface area contributed by atoms with Gasteiger partial charge in [0.15, 0.2) is 0 Å². The largest absolute Gasteiger partial charge is 0.393 e. The average molecular weight is 262 g/mol. The fraction of sp³-hybridized carbons (Fsp3) is 0.100. The maximum atomic E-state index is 12.0. The highest BCUT2D eigenvalue weighted by Crippen LogP contribution is 2.26. The normalized spacial score (nSPS) is 10.2. The Hall–Kier alpha value is -2.97. The number of nitrogens with zero attached hydrogens (tertiary/aromatic N) is 4. The smallest absolute Gasteiger partial charge is 0.304 e. The van der Waals surface area contributed by atoms with E-state index in [2.05, 4.69) is 15.4 Å². The summed E-state index contributed by atoms with van der Waals surface area (Å²) < 4.78 is 1.33. The highest BCUT2D eigenvalue weighted by molar-refractivity contribution is 6.07. The topological polar surface area (TPSA) is 129 Å². The lowest BCUT2D eigenvalue weighted by Gasteiger charge is -2.05. The second kappa shape index (κ2) is 4.72. The number of aromatic nitrogens is 3. The summed E-state index contributed by atoms with van der Waals surface area (Å²) in [6.07, 6.45) is 1.25. The number of nitro benzene ring substituents is 1. The van der Waals surface area contributed by atoms with Gasteiger partial charge >= 0.3 is 5.69 Å². The number of aryl methyl sites for hydroxylation is 1. The van der Waals surface area contributed by atoms with Crippen molar-refractivity contribution in [1.29, 1.82) is 0 Å². The number of para-hydroxylation sites is 1. The van der Waals surface area contributed by atoms with E-state index in [0.29, 0.717) is 0 Å². The van der Waals surface area contributed by atoms with Crippen molar-refractivity contribution in [1.82, 2.24) is 14.8 Å². The van der Waals surface area contributed by atoms with Gasteiger partial charge in [0.2, 0.25) is 5.95 Å². The summed E-state index contributed by atoms with van der Waals surface area (Å²) in [6.45, 7) is 0. The Morgan fingerprint density at radius 1 is 1.53 bits per heavy atom. The number of nitrogens with one attached hydrogen (secondary N) is 1. The zero-order chi connectivity index (χ0) is 14.0. The van der Waals surface area contributed by atoms with Gasteiger partial charge in [-0.25, -0.2) is 4.68 Å². The molecule has 0 aliphatic rings. The molecule has 0 atom stereocenters. The number of hydrogen-bond donors (Lipinski definition) is 2. The van der Waals surface area contributed by atoms with Crippen LogP contribution in [-0.2, 0) is 7.05 Å². The van der Waals surface area contributed by atoms with E-state index >= 15 is 0 Å². The van der Waals surface area contributed by atoms with Crippen LogP contribution in [0.4, 0.5) is 17.3 Å². The average Bonchev–Trinajstić information content (AvgIpc) is 2.74. The second-order valence-corrected chi connectivity index (χ2v) is 3.66. The number of nitrogen functional groups attached to an aromatic ring is 1. The standard InChI is InChI=1S/C10H10N6O3/c1-15-10(12-5-13-15)14-9(17)6-3-2-4-7(11)8(6)16(18)19/h2-5H,11H2,1H3,(H,12,13,14,17). The maximum absolute atomic E-state index is 12.0. The minimum Gasteiger partial charge on any atom is -0.393 e. The number of nitro groups is 1. The molecule has 0 aliphatic carbocycles. The third kappa shape index (κ3) is 2.34. The van der Waals surface area contributed by atoms with Gasteiger partial charge in [-0.1, -0.05) is 6.07 Å². The minimum atomic E-state index is -0.694. The lowest BCUT2D eigenvalue weighted by Crippen LogP contribution is -2.17. The third-order valence-corrected chi connectivity index (χ3v) is 2.43. The molecule has 1 amide bonds. The van der Waals surface area contributed by atoms with Crippen molar-refractivity contribution in [3.05, 3.63) is 40.2 Å². The van der Waals surface area contributed by atoms with Gasteiger partial charge in [0.1, 0.15) is 17.6 Å². The summed E-state index contributed by atoms with van der Waals surface area (Å²) in [5.74, 6) is -0.489. The fourth-order valence-corrected chi connectivity index (χ4v) is 1.53. The molecule has 0 radical (unpaired) electrons. The molecule has 0 spiro atoms. The molecule has 1 aromatic heterocycles. The number of hydrogen-bond acceptors (Lipinski definition) is 6. The lowest BCUT2D eigenvalue weighted by molar-refractivity contribution is -0.384. The fourth-order valence-electron chi connectivity index (χ4n) is 1.53. The van der Waals surface area contributed by atoms with Crippen LogP contribution in [0.1, 0.15) is 10.4 Å². The summed E-state index contributed by atoms with van der Waals surface area (Å²) in [6, 6.07) is 4.14. The zero-order valence-electron chi connectivity index (χ0n) is 9.90. The molecule has 9 heteroatoms. The van der Waals surface area contributed by atoms with Gasteiger partial charge in [0.05, 0.1) is 4.92 Å². The van der Waals surface area contributed by atoms with Crippen molar-refractivity contribution in [3.63, 3.8) is 0 Å². The Kier molecular flexibility index (Phi) is 3.10. The number of carbonyl (C=O) groups is 1. The van der Waals surface area contributed by atoms with E-state index in [1.54, 1.807) is 7.05 Å². The molecular formula is C10H10N6O3. The van der Waals surface area contributed by atoms with Gasteiger partial charge in [-0.15, -0.1) is 0 Å². The first-order valence-corrected chi connectivity index (χ1v) is 5.19. The molecule has 1 heterocycles. The summed E-state index contributed by atoms with van der Waals surface area (Å²) in [5, 5.41) is 17.1. The number of amides is 1. The summed E-state index contributed by atoms with van der Waals surface area (Å²) >= 11 is 0. The van der Waals surface area contributed by atoms with Crippen LogP contribution < -0.4 is 11.1 Å². The molecule has 19 heavy (non-hydrogen) atoms. The van der Waals surface area contributed by atoms with Crippen LogP contribution in [0.5, 0.6) is 0 Å².